The maximum Gasteiger partial charge on any atom is 0.185 e. The number of rotatable bonds is 3. The third-order valence-electron chi connectivity index (χ3n) is 3.61. The van der Waals surface area contributed by atoms with Crippen molar-refractivity contribution in [3.8, 4) is 0 Å². The predicted octanol–water partition coefficient (Wildman–Crippen LogP) is 3.22. The monoisotopic (exact) mass is 252 g/mol. The molecule has 17 heavy (non-hydrogen) atoms. The molecule has 0 saturated carbocycles. The summed E-state index contributed by atoms with van der Waals surface area (Å²) in [5.74, 6) is 1.61. The molecule has 3 nitrogen and oxygen atoms in total. The van der Waals surface area contributed by atoms with Crippen LogP contribution in [0.1, 0.15) is 42.8 Å². The third-order valence-corrected chi connectivity index (χ3v) is 4.60. The van der Waals surface area contributed by atoms with Gasteiger partial charge in [-0.15, -0.1) is 0 Å². The van der Waals surface area contributed by atoms with Crippen molar-refractivity contribution in [2.75, 3.05) is 18.0 Å². The van der Waals surface area contributed by atoms with E-state index < -0.39 is 0 Å². The van der Waals surface area contributed by atoms with Gasteiger partial charge in [-0.3, -0.25) is 4.79 Å². The SMILES string of the molecule is CC(C)C1CCCN(c2ncc(C=O)s2)CC1. The van der Waals surface area contributed by atoms with Gasteiger partial charge in [0.15, 0.2) is 11.4 Å². The molecule has 1 aliphatic heterocycles. The van der Waals surface area contributed by atoms with Crippen LogP contribution in [0.4, 0.5) is 5.13 Å². The Morgan fingerprint density at radius 3 is 2.94 bits per heavy atom. The lowest BCUT2D eigenvalue weighted by Crippen LogP contribution is -2.24. The van der Waals surface area contributed by atoms with Crippen LogP contribution in [0.3, 0.4) is 0 Å². The molecule has 0 aliphatic carbocycles. The van der Waals surface area contributed by atoms with Crippen molar-refractivity contribution >= 4 is 22.8 Å². The zero-order valence-corrected chi connectivity index (χ0v) is 11.4. The number of aldehydes is 1. The lowest BCUT2D eigenvalue weighted by molar-refractivity contribution is 0.112. The Bertz CT molecular complexity index is 375. The number of nitrogens with zero attached hydrogens (tertiary/aromatic N) is 2. The van der Waals surface area contributed by atoms with Gasteiger partial charge in [-0.1, -0.05) is 25.2 Å². The van der Waals surface area contributed by atoms with E-state index in [-0.39, 0.29) is 0 Å². The molecule has 0 radical (unpaired) electrons. The molecule has 1 unspecified atom stereocenters. The number of aromatic nitrogens is 1. The molecule has 4 heteroatoms. The number of anilines is 1. The van der Waals surface area contributed by atoms with E-state index in [0.717, 1.165) is 41.2 Å². The molecule has 1 aromatic rings. The van der Waals surface area contributed by atoms with Crippen LogP contribution in [-0.2, 0) is 0 Å². The second-order valence-electron chi connectivity index (χ2n) is 5.09. The van der Waals surface area contributed by atoms with E-state index in [2.05, 4.69) is 23.7 Å². The minimum absolute atomic E-state index is 0.727. The fraction of sp³-hybridized carbons (Fsp3) is 0.692. The zero-order valence-electron chi connectivity index (χ0n) is 10.6. The lowest BCUT2D eigenvalue weighted by Gasteiger charge is -2.20. The van der Waals surface area contributed by atoms with Gasteiger partial charge in [0.05, 0.1) is 11.1 Å². The number of carbonyl (C=O) groups is 1. The van der Waals surface area contributed by atoms with E-state index >= 15 is 0 Å². The number of thiazole rings is 1. The highest BCUT2D eigenvalue weighted by molar-refractivity contribution is 7.17. The normalized spacial score (nSPS) is 21.6. The van der Waals surface area contributed by atoms with Gasteiger partial charge in [-0.25, -0.2) is 4.98 Å². The van der Waals surface area contributed by atoms with Crippen LogP contribution in [0.15, 0.2) is 6.20 Å². The molecule has 0 amide bonds. The molecule has 0 N–H and O–H groups in total. The summed E-state index contributed by atoms with van der Waals surface area (Å²) in [6.07, 6.45) is 6.36. The second kappa shape index (κ2) is 5.63. The number of hydrogen-bond donors (Lipinski definition) is 0. The highest BCUT2D eigenvalue weighted by Gasteiger charge is 2.20. The van der Waals surface area contributed by atoms with E-state index in [1.165, 1.54) is 30.6 Å². The topological polar surface area (TPSA) is 33.2 Å². The average molecular weight is 252 g/mol. The summed E-state index contributed by atoms with van der Waals surface area (Å²) in [5.41, 5.74) is 0. The molecule has 0 aromatic carbocycles. The zero-order chi connectivity index (χ0) is 12.3. The van der Waals surface area contributed by atoms with Gasteiger partial charge >= 0.3 is 0 Å². The van der Waals surface area contributed by atoms with Gasteiger partial charge in [0.1, 0.15) is 0 Å². The van der Waals surface area contributed by atoms with Crippen molar-refractivity contribution in [1.29, 1.82) is 0 Å². The molecule has 94 valence electrons. The first-order chi connectivity index (χ1) is 8.20. The Hall–Kier alpha value is -0.900. The minimum atomic E-state index is 0.727. The summed E-state index contributed by atoms with van der Waals surface area (Å²) in [6, 6.07) is 0. The maximum atomic E-state index is 10.7. The average Bonchev–Trinajstić information content (AvgIpc) is 2.65. The highest BCUT2D eigenvalue weighted by atomic mass is 32.1. The Morgan fingerprint density at radius 2 is 2.29 bits per heavy atom. The van der Waals surface area contributed by atoms with E-state index in [1.807, 2.05) is 0 Å². The summed E-state index contributed by atoms with van der Waals surface area (Å²) in [7, 11) is 0. The minimum Gasteiger partial charge on any atom is -0.348 e. The quantitative estimate of drug-likeness (QED) is 0.774. The van der Waals surface area contributed by atoms with Crippen LogP contribution in [0.25, 0.3) is 0 Å². The summed E-state index contributed by atoms with van der Waals surface area (Å²) in [5, 5.41) is 1.01. The third kappa shape index (κ3) is 3.06. The van der Waals surface area contributed by atoms with E-state index in [4.69, 9.17) is 0 Å². The predicted molar refractivity (Wildman–Crippen MR) is 71.9 cm³/mol. The maximum absolute atomic E-state index is 10.7. The van der Waals surface area contributed by atoms with E-state index in [9.17, 15) is 4.79 Å². The van der Waals surface area contributed by atoms with Gasteiger partial charge in [0.2, 0.25) is 0 Å². The first-order valence-electron chi connectivity index (χ1n) is 6.36. The van der Waals surface area contributed by atoms with Gasteiger partial charge in [0, 0.05) is 13.1 Å². The standard InChI is InChI=1S/C13H20N2OS/c1-10(2)11-4-3-6-15(7-5-11)13-14-8-12(9-16)17-13/h8-11H,3-7H2,1-2H3. The van der Waals surface area contributed by atoms with Gasteiger partial charge in [0.25, 0.3) is 0 Å². The fourth-order valence-corrected chi connectivity index (χ4v) is 3.24. The largest absolute Gasteiger partial charge is 0.348 e. The van der Waals surface area contributed by atoms with E-state index in [0.29, 0.717) is 0 Å². The molecule has 0 bridgehead atoms. The molecule has 1 fully saturated rings. The molecular formula is C13H20N2OS. The molecule has 1 aliphatic rings. The molecule has 1 aromatic heterocycles. The van der Waals surface area contributed by atoms with Crippen LogP contribution >= 0.6 is 11.3 Å². The highest BCUT2D eigenvalue weighted by Crippen LogP contribution is 2.29. The van der Waals surface area contributed by atoms with Crippen molar-refractivity contribution in [3.05, 3.63) is 11.1 Å². The van der Waals surface area contributed by atoms with Crippen LogP contribution in [-0.4, -0.2) is 24.4 Å². The second-order valence-corrected chi connectivity index (χ2v) is 6.13. The summed E-state index contributed by atoms with van der Waals surface area (Å²) in [4.78, 5) is 18.1. The Morgan fingerprint density at radius 1 is 1.47 bits per heavy atom. The Labute approximate surface area is 107 Å². The first-order valence-corrected chi connectivity index (χ1v) is 7.18. The lowest BCUT2D eigenvalue weighted by atomic mass is 9.89. The summed E-state index contributed by atoms with van der Waals surface area (Å²) in [6.45, 7) is 6.78. The molecule has 1 saturated heterocycles. The Balaban J connectivity index is 2.00. The van der Waals surface area contributed by atoms with Gasteiger partial charge < -0.3 is 4.90 Å². The van der Waals surface area contributed by atoms with Gasteiger partial charge in [-0.2, -0.15) is 0 Å². The van der Waals surface area contributed by atoms with E-state index in [1.54, 1.807) is 6.20 Å². The molecule has 2 heterocycles. The molecular weight excluding hydrogens is 232 g/mol. The van der Waals surface area contributed by atoms with Gasteiger partial charge in [-0.05, 0) is 31.1 Å². The van der Waals surface area contributed by atoms with Crippen LogP contribution in [0, 0.1) is 11.8 Å². The number of hydrogen-bond acceptors (Lipinski definition) is 4. The molecule has 0 spiro atoms. The van der Waals surface area contributed by atoms with Crippen molar-refractivity contribution in [1.82, 2.24) is 4.98 Å². The van der Waals surface area contributed by atoms with Crippen LogP contribution < -0.4 is 4.90 Å². The summed E-state index contributed by atoms with van der Waals surface area (Å²) >= 11 is 1.51. The number of carbonyl (C=O) groups excluding carboxylic acids is 1. The van der Waals surface area contributed by atoms with Crippen LogP contribution in [0.5, 0.6) is 0 Å². The van der Waals surface area contributed by atoms with Crippen LogP contribution in [0.2, 0.25) is 0 Å². The van der Waals surface area contributed by atoms with Crippen molar-refractivity contribution in [3.63, 3.8) is 0 Å². The van der Waals surface area contributed by atoms with Crippen molar-refractivity contribution in [2.45, 2.75) is 33.1 Å². The smallest absolute Gasteiger partial charge is 0.185 e. The first kappa shape index (κ1) is 12.6. The molecule has 2 rings (SSSR count). The summed E-state index contributed by atoms with van der Waals surface area (Å²) < 4.78 is 0. The van der Waals surface area contributed by atoms with Crippen molar-refractivity contribution < 1.29 is 4.79 Å². The van der Waals surface area contributed by atoms with Crippen molar-refractivity contribution in [2.24, 2.45) is 11.8 Å². The fourth-order valence-electron chi connectivity index (χ4n) is 2.46. The molecule has 1 atom stereocenters. The Kier molecular flexibility index (Phi) is 4.15.